The second-order valence-corrected chi connectivity index (χ2v) is 20.3. The van der Waals surface area contributed by atoms with Crippen LogP contribution in [0.3, 0.4) is 0 Å². The molecule has 2 aliphatic rings. The van der Waals surface area contributed by atoms with Crippen LogP contribution in [0.1, 0.15) is 126 Å². The number of hydrogen-bond acceptors (Lipinski definition) is 3. The van der Waals surface area contributed by atoms with Crippen LogP contribution in [-0.2, 0) is 12.8 Å². The standard InChI is InChI=1S/C64H66BN3/c1-11-45-18-16-17-21-56(45)57-33-32-54(36-46(57)12-2)66(51-19-14-13-15-20-51)55-39-62-64-63(40-55)68(53-30-24-48(25-31-53)42(5)6)61-38-50(44(9)10)26-34-58(61)65(64)59-37-49(43(7)8)27-35-60(59)67(62)52-28-22-47(23-29-52)41(3)4/h13-44H,11-12H2,1-10H3. The molecule has 0 spiro atoms. The minimum Gasteiger partial charge on any atom is -0.311 e. The fraction of sp³-hybridized carbons (Fsp3) is 0.250. The summed E-state index contributed by atoms with van der Waals surface area (Å²) in [4.78, 5) is 7.66. The van der Waals surface area contributed by atoms with E-state index in [4.69, 9.17) is 0 Å². The van der Waals surface area contributed by atoms with Crippen molar-refractivity contribution in [1.29, 1.82) is 0 Å². The van der Waals surface area contributed by atoms with Crippen molar-refractivity contribution in [3.8, 4) is 11.1 Å². The molecular formula is C64H66BN3. The zero-order valence-corrected chi connectivity index (χ0v) is 41.8. The van der Waals surface area contributed by atoms with Crippen molar-refractivity contribution >= 4 is 74.3 Å². The quantitative estimate of drug-likeness (QED) is 0.113. The van der Waals surface area contributed by atoms with Gasteiger partial charge in [-0.3, -0.25) is 0 Å². The first kappa shape index (κ1) is 45.0. The maximum atomic E-state index is 2.59. The molecule has 4 heteroatoms. The third-order valence-corrected chi connectivity index (χ3v) is 14.8. The fourth-order valence-electron chi connectivity index (χ4n) is 10.8. The number of anilines is 9. The highest BCUT2D eigenvalue weighted by molar-refractivity contribution is 7.00. The van der Waals surface area contributed by atoms with Gasteiger partial charge in [-0.05, 0) is 170 Å². The summed E-state index contributed by atoms with van der Waals surface area (Å²) in [5, 5.41) is 0. The van der Waals surface area contributed by atoms with E-state index in [0.717, 1.165) is 35.6 Å². The second-order valence-electron chi connectivity index (χ2n) is 20.3. The Morgan fingerprint density at radius 1 is 0.382 bits per heavy atom. The Morgan fingerprint density at radius 3 is 1.49 bits per heavy atom. The summed E-state index contributed by atoms with van der Waals surface area (Å²) in [5.41, 5.74) is 25.4. The summed E-state index contributed by atoms with van der Waals surface area (Å²) >= 11 is 0. The number of fused-ring (bicyclic) bond motifs is 4. The molecule has 2 aliphatic heterocycles. The highest BCUT2D eigenvalue weighted by atomic mass is 15.2. The van der Waals surface area contributed by atoms with Crippen LogP contribution >= 0.6 is 0 Å². The summed E-state index contributed by atoms with van der Waals surface area (Å²) in [6, 6.07) is 65.4. The lowest BCUT2D eigenvalue weighted by Crippen LogP contribution is -2.61. The maximum absolute atomic E-state index is 2.59. The topological polar surface area (TPSA) is 9.72 Å². The first-order valence-electron chi connectivity index (χ1n) is 25.3. The van der Waals surface area contributed by atoms with Crippen molar-refractivity contribution in [3.05, 3.63) is 203 Å². The van der Waals surface area contributed by atoms with Crippen LogP contribution < -0.4 is 31.1 Å². The van der Waals surface area contributed by atoms with Crippen molar-refractivity contribution in [2.45, 2.75) is 106 Å². The van der Waals surface area contributed by atoms with Gasteiger partial charge in [-0.25, -0.2) is 0 Å². The van der Waals surface area contributed by atoms with Gasteiger partial charge in [0.25, 0.3) is 6.71 Å². The predicted octanol–water partition coefficient (Wildman–Crippen LogP) is 16.5. The number of nitrogens with zero attached hydrogens (tertiary/aromatic N) is 3. The van der Waals surface area contributed by atoms with Gasteiger partial charge < -0.3 is 14.7 Å². The molecule has 0 unspecified atom stereocenters. The molecule has 10 rings (SSSR count). The lowest BCUT2D eigenvalue weighted by molar-refractivity contribution is 0.865. The molecule has 0 aromatic heterocycles. The number of rotatable bonds is 12. The van der Waals surface area contributed by atoms with Crippen molar-refractivity contribution < 1.29 is 0 Å². The minimum atomic E-state index is 0.0196. The predicted molar refractivity (Wildman–Crippen MR) is 296 cm³/mol. The van der Waals surface area contributed by atoms with Crippen molar-refractivity contribution in [2.24, 2.45) is 0 Å². The van der Waals surface area contributed by atoms with E-state index in [9.17, 15) is 0 Å². The van der Waals surface area contributed by atoms with E-state index in [1.54, 1.807) is 0 Å². The lowest BCUT2D eigenvalue weighted by atomic mass is 9.33. The Balaban J connectivity index is 1.31. The van der Waals surface area contributed by atoms with E-state index in [-0.39, 0.29) is 6.71 Å². The van der Waals surface area contributed by atoms with Crippen LogP contribution in [0.5, 0.6) is 0 Å². The van der Waals surface area contributed by atoms with Gasteiger partial charge in [-0.2, -0.15) is 0 Å². The molecule has 0 radical (unpaired) electrons. The van der Waals surface area contributed by atoms with Crippen LogP contribution in [0.4, 0.5) is 51.2 Å². The molecule has 0 saturated heterocycles. The summed E-state index contributed by atoms with van der Waals surface area (Å²) in [6.07, 6.45) is 1.92. The lowest BCUT2D eigenvalue weighted by Gasteiger charge is -2.45. The van der Waals surface area contributed by atoms with Gasteiger partial charge >= 0.3 is 0 Å². The molecule has 3 nitrogen and oxygen atoms in total. The smallest absolute Gasteiger partial charge is 0.252 e. The number of hydrogen-bond donors (Lipinski definition) is 0. The first-order valence-corrected chi connectivity index (χ1v) is 25.3. The average Bonchev–Trinajstić information content (AvgIpc) is 3.36. The highest BCUT2D eigenvalue weighted by Gasteiger charge is 2.44. The van der Waals surface area contributed by atoms with E-state index < -0.39 is 0 Å². The van der Waals surface area contributed by atoms with Gasteiger partial charge in [0.2, 0.25) is 0 Å². The largest absolute Gasteiger partial charge is 0.311 e. The van der Waals surface area contributed by atoms with Gasteiger partial charge in [0.1, 0.15) is 0 Å². The van der Waals surface area contributed by atoms with Crippen molar-refractivity contribution in [3.63, 3.8) is 0 Å². The monoisotopic (exact) mass is 888 g/mol. The van der Waals surface area contributed by atoms with E-state index in [2.05, 4.69) is 254 Å². The van der Waals surface area contributed by atoms with Gasteiger partial charge in [0.05, 0.1) is 5.69 Å². The van der Waals surface area contributed by atoms with Crippen LogP contribution in [0.25, 0.3) is 11.1 Å². The average molecular weight is 888 g/mol. The molecule has 0 atom stereocenters. The minimum absolute atomic E-state index is 0.0196. The molecule has 0 bridgehead atoms. The molecule has 0 amide bonds. The zero-order valence-electron chi connectivity index (χ0n) is 41.8. The summed E-state index contributed by atoms with van der Waals surface area (Å²) in [5.74, 6) is 1.63. The van der Waals surface area contributed by atoms with Gasteiger partial charge in [-0.15, -0.1) is 0 Å². The Bertz CT molecular complexity index is 3110. The number of para-hydroxylation sites is 1. The molecule has 2 heterocycles. The molecule has 340 valence electrons. The molecule has 68 heavy (non-hydrogen) atoms. The van der Waals surface area contributed by atoms with E-state index in [0.29, 0.717) is 23.7 Å². The van der Waals surface area contributed by atoms with Gasteiger partial charge in [-0.1, -0.05) is 166 Å². The molecular weight excluding hydrogens is 822 g/mol. The molecule has 8 aromatic rings. The molecule has 0 saturated carbocycles. The van der Waals surface area contributed by atoms with Gasteiger partial charge in [0, 0.05) is 45.5 Å². The first-order chi connectivity index (χ1) is 32.9. The van der Waals surface area contributed by atoms with Crippen LogP contribution in [0.15, 0.2) is 170 Å². The molecule has 0 aliphatic carbocycles. The van der Waals surface area contributed by atoms with Crippen LogP contribution in [0.2, 0.25) is 0 Å². The third kappa shape index (κ3) is 7.92. The van der Waals surface area contributed by atoms with E-state index in [1.807, 2.05) is 0 Å². The van der Waals surface area contributed by atoms with Crippen molar-refractivity contribution in [1.82, 2.24) is 0 Å². The third-order valence-electron chi connectivity index (χ3n) is 14.8. The highest BCUT2D eigenvalue weighted by Crippen LogP contribution is 2.49. The summed E-state index contributed by atoms with van der Waals surface area (Å²) < 4.78 is 0. The molecule has 0 fully saturated rings. The van der Waals surface area contributed by atoms with E-state index in [1.165, 1.54) is 89.3 Å². The Hall–Kier alpha value is -6.78. The Morgan fingerprint density at radius 2 is 0.897 bits per heavy atom. The molecule has 8 aromatic carbocycles. The summed E-state index contributed by atoms with van der Waals surface area (Å²) in [7, 11) is 0. The van der Waals surface area contributed by atoms with Crippen molar-refractivity contribution in [2.75, 3.05) is 14.7 Å². The molecule has 0 N–H and O–H groups in total. The van der Waals surface area contributed by atoms with E-state index >= 15 is 0 Å². The fourth-order valence-corrected chi connectivity index (χ4v) is 10.8. The second kappa shape index (κ2) is 18.4. The van der Waals surface area contributed by atoms with Crippen LogP contribution in [-0.4, -0.2) is 6.71 Å². The van der Waals surface area contributed by atoms with Crippen LogP contribution in [0, 0.1) is 0 Å². The maximum Gasteiger partial charge on any atom is 0.252 e. The Labute approximate surface area is 407 Å². The zero-order chi connectivity index (χ0) is 47.4. The SMILES string of the molecule is CCc1ccccc1-c1ccc(N(c2ccccc2)c2cc3c4c(c2)N(c2ccc(C(C)C)cc2)c2cc(C(C)C)ccc2B4c2cc(C(C)C)ccc2N3c2ccc(C(C)C)cc2)cc1CC. The summed E-state index contributed by atoms with van der Waals surface area (Å²) in [6.45, 7) is 23.0. The normalized spacial score (nSPS) is 12.8. The Kier molecular flexibility index (Phi) is 12.2. The number of benzene rings is 8. The van der Waals surface area contributed by atoms with Gasteiger partial charge in [0.15, 0.2) is 0 Å². The number of aryl methyl sites for hydroxylation is 2.